The maximum atomic E-state index is 13.6. The highest BCUT2D eigenvalue weighted by atomic mass is 32.1. The van der Waals surface area contributed by atoms with Crippen molar-refractivity contribution in [1.29, 1.82) is 0 Å². The van der Waals surface area contributed by atoms with Crippen LogP contribution in [0.3, 0.4) is 0 Å². The van der Waals surface area contributed by atoms with E-state index in [1.165, 1.54) is 17.4 Å². The third kappa shape index (κ3) is 3.18. The Kier molecular flexibility index (Phi) is 4.49. The minimum atomic E-state index is -0.254. The molecule has 3 rings (SSSR count). The van der Waals surface area contributed by atoms with E-state index < -0.39 is 0 Å². The Balaban J connectivity index is 1.69. The Bertz CT molecular complexity index is 674. The highest BCUT2D eigenvalue weighted by molar-refractivity contribution is 7.09. The molecule has 1 amide bonds. The van der Waals surface area contributed by atoms with Crippen LogP contribution in [0.15, 0.2) is 29.6 Å². The van der Waals surface area contributed by atoms with Crippen LogP contribution in [-0.4, -0.2) is 40.6 Å². The van der Waals surface area contributed by atoms with Gasteiger partial charge in [0.1, 0.15) is 11.5 Å². The zero-order valence-electron chi connectivity index (χ0n) is 12.0. The number of nitrogens with zero attached hydrogens (tertiary/aromatic N) is 2. The molecule has 1 aromatic carbocycles. The molecule has 1 aliphatic rings. The maximum absolute atomic E-state index is 13.6. The van der Waals surface area contributed by atoms with Gasteiger partial charge in [-0.25, -0.2) is 9.37 Å². The van der Waals surface area contributed by atoms with Gasteiger partial charge in [-0.1, -0.05) is 18.2 Å². The number of halogens is 1. The molecule has 1 fully saturated rings. The highest BCUT2D eigenvalue weighted by Gasteiger charge is 2.27. The average molecular weight is 320 g/mol. The summed E-state index contributed by atoms with van der Waals surface area (Å²) in [7, 11) is 0. The molecule has 1 N–H and O–H groups in total. The topological polar surface area (TPSA) is 53.4 Å². The van der Waals surface area contributed by atoms with Crippen LogP contribution in [0.2, 0.25) is 0 Å². The van der Waals surface area contributed by atoms with Crippen molar-refractivity contribution in [1.82, 2.24) is 9.88 Å². The van der Waals surface area contributed by atoms with Gasteiger partial charge in [0.15, 0.2) is 0 Å². The zero-order valence-corrected chi connectivity index (χ0v) is 12.9. The van der Waals surface area contributed by atoms with Gasteiger partial charge in [0.2, 0.25) is 0 Å². The van der Waals surface area contributed by atoms with E-state index >= 15 is 0 Å². The first-order chi connectivity index (χ1) is 10.7. The monoisotopic (exact) mass is 320 g/mol. The number of amides is 1. The van der Waals surface area contributed by atoms with Crippen LogP contribution < -0.4 is 0 Å². The van der Waals surface area contributed by atoms with Gasteiger partial charge in [0.25, 0.3) is 5.91 Å². The molecule has 1 saturated heterocycles. The lowest BCUT2D eigenvalue weighted by atomic mass is 10.1. The maximum Gasteiger partial charge on any atom is 0.273 e. The van der Waals surface area contributed by atoms with Crippen LogP contribution >= 0.6 is 11.3 Å². The molecule has 0 spiro atoms. The van der Waals surface area contributed by atoms with E-state index in [1.807, 2.05) is 0 Å². The Morgan fingerprint density at radius 2 is 2.27 bits per heavy atom. The van der Waals surface area contributed by atoms with Crippen molar-refractivity contribution in [2.24, 2.45) is 5.92 Å². The first kappa shape index (κ1) is 15.1. The molecule has 1 aromatic heterocycles. The molecule has 22 heavy (non-hydrogen) atoms. The standard InChI is InChI=1S/C16H17FN2O2S/c17-13-4-2-1-3-12(13)7-15-18-14(10-22-15)16(21)19-6-5-11(8-19)9-20/h1-4,10-11,20H,5-9H2. The minimum Gasteiger partial charge on any atom is -0.396 e. The van der Waals surface area contributed by atoms with Gasteiger partial charge in [-0.3, -0.25) is 4.79 Å². The second-order valence-corrected chi connectivity index (χ2v) is 6.43. The van der Waals surface area contributed by atoms with Crippen molar-refractivity contribution in [2.45, 2.75) is 12.8 Å². The van der Waals surface area contributed by atoms with E-state index in [0.717, 1.165) is 11.4 Å². The second-order valence-electron chi connectivity index (χ2n) is 5.48. The van der Waals surface area contributed by atoms with Crippen molar-refractivity contribution in [2.75, 3.05) is 19.7 Å². The van der Waals surface area contributed by atoms with E-state index in [9.17, 15) is 9.18 Å². The van der Waals surface area contributed by atoms with Crippen LogP contribution in [0, 0.1) is 11.7 Å². The quantitative estimate of drug-likeness (QED) is 0.941. The fourth-order valence-corrected chi connectivity index (χ4v) is 3.41. The van der Waals surface area contributed by atoms with Crippen LogP contribution in [0.4, 0.5) is 4.39 Å². The molecule has 4 nitrogen and oxygen atoms in total. The first-order valence-electron chi connectivity index (χ1n) is 7.25. The minimum absolute atomic E-state index is 0.105. The lowest BCUT2D eigenvalue weighted by Crippen LogP contribution is -2.29. The van der Waals surface area contributed by atoms with Gasteiger partial charge >= 0.3 is 0 Å². The normalized spacial score (nSPS) is 17.9. The largest absolute Gasteiger partial charge is 0.396 e. The number of aliphatic hydroxyl groups is 1. The van der Waals surface area contributed by atoms with Gasteiger partial charge < -0.3 is 10.0 Å². The fourth-order valence-electron chi connectivity index (χ4n) is 2.62. The van der Waals surface area contributed by atoms with Crippen molar-refractivity contribution in [3.63, 3.8) is 0 Å². The average Bonchev–Trinajstić information content (AvgIpc) is 3.18. The molecule has 2 heterocycles. The van der Waals surface area contributed by atoms with Crippen LogP contribution in [0.1, 0.15) is 27.5 Å². The molecule has 116 valence electrons. The number of likely N-dealkylation sites (tertiary alicyclic amines) is 1. The number of benzene rings is 1. The Morgan fingerprint density at radius 1 is 1.45 bits per heavy atom. The van der Waals surface area contributed by atoms with Gasteiger partial charge in [0, 0.05) is 37.4 Å². The molecule has 2 aromatic rings. The summed E-state index contributed by atoms with van der Waals surface area (Å²) >= 11 is 1.37. The Morgan fingerprint density at radius 3 is 3.00 bits per heavy atom. The number of carbonyl (C=O) groups excluding carboxylic acids is 1. The van der Waals surface area contributed by atoms with E-state index in [-0.39, 0.29) is 24.2 Å². The van der Waals surface area contributed by atoms with Crippen molar-refractivity contribution in [3.05, 3.63) is 51.7 Å². The summed E-state index contributed by atoms with van der Waals surface area (Å²) in [6.07, 6.45) is 1.22. The molecular weight excluding hydrogens is 303 g/mol. The summed E-state index contributed by atoms with van der Waals surface area (Å²) in [6.45, 7) is 1.35. The van der Waals surface area contributed by atoms with E-state index in [4.69, 9.17) is 5.11 Å². The highest BCUT2D eigenvalue weighted by Crippen LogP contribution is 2.21. The van der Waals surface area contributed by atoms with Gasteiger partial charge in [0.05, 0.1) is 5.01 Å². The Hall–Kier alpha value is -1.79. The molecule has 0 radical (unpaired) electrons. The van der Waals surface area contributed by atoms with Crippen molar-refractivity contribution in [3.8, 4) is 0 Å². The summed E-state index contributed by atoms with van der Waals surface area (Å²) in [5.41, 5.74) is 0.993. The lowest BCUT2D eigenvalue weighted by Gasteiger charge is -2.14. The lowest BCUT2D eigenvalue weighted by molar-refractivity contribution is 0.0776. The van der Waals surface area contributed by atoms with E-state index in [2.05, 4.69) is 4.98 Å². The number of aliphatic hydroxyl groups excluding tert-OH is 1. The molecule has 1 aliphatic heterocycles. The molecule has 6 heteroatoms. The third-order valence-electron chi connectivity index (χ3n) is 3.90. The first-order valence-corrected chi connectivity index (χ1v) is 8.13. The zero-order chi connectivity index (χ0) is 15.5. The number of carbonyl (C=O) groups is 1. The summed E-state index contributed by atoms with van der Waals surface area (Å²) in [5, 5.41) is 11.6. The van der Waals surface area contributed by atoms with E-state index in [1.54, 1.807) is 28.5 Å². The second kappa shape index (κ2) is 6.54. The van der Waals surface area contributed by atoms with Crippen LogP contribution in [-0.2, 0) is 6.42 Å². The van der Waals surface area contributed by atoms with Crippen LogP contribution in [0.5, 0.6) is 0 Å². The van der Waals surface area contributed by atoms with Gasteiger partial charge in [-0.15, -0.1) is 11.3 Å². The number of rotatable bonds is 4. The van der Waals surface area contributed by atoms with Gasteiger partial charge in [-0.05, 0) is 18.1 Å². The van der Waals surface area contributed by atoms with Crippen molar-refractivity contribution < 1.29 is 14.3 Å². The summed E-state index contributed by atoms with van der Waals surface area (Å²) in [4.78, 5) is 18.4. The summed E-state index contributed by atoms with van der Waals surface area (Å²) in [6, 6.07) is 6.59. The molecule has 0 aliphatic carbocycles. The smallest absolute Gasteiger partial charge is 0.273 e. The summed E-state index contributed by atoms with van der Waals surface area (Å²) in [5.74, 6) is -0.191. The molecule has 1 unspecified atom stereocenters. The van der Waals surface area contributed by atoms with E-state index in [0.29, 0.717) is 30.8 Å². The van der Waals surface area contributed by atoms with Crippen molar-refractivity contribution >= 4 is 17.2 Å². The molecule has 0 bridgehead atoms. The number of aromatic nitrogens is 1. The number of thiazole rings is 1. The summed E-state index contributed by atoms with van der Waals surface area (Å²) < 4.78 is 13.6. The Labute approximate surface area is 132 Å². The molecule has 1 atom stereocenters. The third-order valence-corrected chi connectivity index (χ3v) is 4.75. The predicted molar refractivity (Wildman–Crippen MR) is 82.4 cm³/mol. The molecule has 0 saturated carbocycles. The van der Waals surface area contributed by atoms with Crippen LogP contribution in [0.25, 0.3) is 0 Å². The SMILES string of the molecule is O=C(c1csc(Cc2ccccc2F)n1)N1CCC(CO)C1. The number of hydrogen-bond donors (Lipinski definition) is 1. The molecular formula is C16H17FN2O2S. The number of hydrogen-bond acceptors (Lipinski definition) is 4. The predicted octanol–water partition coefficient (Wildman–Crippen LogP) is 2.33. The fraction of sp³-hybridized carbons (Fsp3) is 0.375. The van der Waals surface area contributed by atoms with Gasteiger partial charge in [-0.2, -0.15) is 0 Å².